The minimum absolute atomic E-state index is 0. The molecule has 0 atom stereocenters. The molecule has 1 radical (unpaired) electrons. The molecule has 0 aliphatic rings. The molecule has 3 nitrogen and oxygen atoms in total. The summed E-state index contributed by atoms with van der Waals surface area (Å²) < 4.78 is 0. The normalized spacial score (nSPS) is 7.67. The van der Waals surface area contributed by atoms with Crippen LogP contribution in [0.4, 0.5) is 0 Å². The van der Waals surface area contributed by atoms with Crippen molar-refractivity contribution in [1.82, 2.24) is 0 Å². The number of Topliss-reactive ketones (excluding diaryl/α,β-unsaturated/α-hetero) is 1. The van der Waals surface area contributed by atoms with Gasteiger partial charge in [-0.2, -0.15) is 0 Å². The maximum absolute atomic E-state index is 10.1. The number of carbonyl (C=O) groups is 2. The van der Waals surface area contributed by atoms with E-state index in [4.69, 9.17) is 5.11 Å². The molecule has 0 aromatic heterocycles. The fraction of sp³-hybridized carbons (Fsp3) is 0.600. The molecular weight excluding hydrogens is 197 g/mol. The van der Waals surface area contributed by atoms with Crippen LogP contribution >= 0.6 is 0 Å². The molecular formula is C5H8O3Y. The van der Waals surface area contributed by atoms with Gasteiger partial charge in [0.15, 0.2) is 0 Å². The summed E-state index contributed by atoms with van der Waals surface area (Å²) in [6.45, 7) is 1.38. The zero-order chi connectivity index (χ0) is 6.57. The Hall–Kier alpha value is 0.244. The number of rotatable bonds is 3. The van der Waals surface area contributed by atoms with E-state index in [0.29, 0.717) is 0 Å². The first-order chi connectivity index (χ1) is 3.63. The summed E-state index contributed by atoms with van der Waals surface area (Å²) in [7, 11) is 0. The molecule has 0 aliphatic carbocycles. The third-order valence-corrected chi connectivity index (χ3v) is 0.691. The van der Waals surface area contributed by atoms with Crippen LogP contribution in [-0.2, 0) is 42.3 Å². The number of carbonyl (C=O) groups excluding carboxylic acids is 1. The van der Waals surface area contributed by atoms with E-state index in [0.717, 1.165) is 0 Å². The van der Waals surface area contributed by atoms with Gasteiger partial charge < -0.3 is 9.90 Å². The Kier molecular flexibility index (Phi) is 8.47. The van der Waals surface area contributed by atoms with Gasteiger partial charge in [0.1, 0.15) is 5.78 Å². The molecule has 0 rings (SSSR count). The third kappa shape index (κ3) is 11.7. The molecule has 0 bridgehead atoms. The number of hydrogen-bond acceptors (Lipinski definition) is 2. The van der Waals surface area contributed by atoms with Crippen LogP contribution in [0.2, 0.25) is 0 Å². The van der Waals surface area contributed by atoms with Gasteiger partial charge >= 0.3 is 5.97 Å². The maximum atomic E-state index is 10.1. The minimum atomic E-state index is -0.916. The summed E-state index contributed by atoms with van der Waals surface area (Å²) in [6.07, 6.45) is 0.102. The molecule has 9 heavy (non-hydrogen) atoms. The van der Waals surface area contributed by atoms with Crippen LogP contribution in [0.15, 0.2) is 0 Å². The average Bonchev–Trinajstić information content (AvgIpc) is 1.61. The molecule has 0 aromatic carbocycles. The van der Waals surface area contributed by atoms with Crippen molar-refractivity contribution in [3.63, 3.8) is 0 Å². The van der Waals surface area contributed by atoms with Crippen LogP contribution in [0.25, 0.3) is 0 Å². The van der Waals surface area contributed by atoms with Crippen molar-refractivity contribution in [3.8, 4) is 0 Å². The van der Waals surface area contributed by atoms with Crippen LogP contribution in [0, 0.1) is 0 Å². The van der Waals surface area contributed by atoms with Gasteiger partial charge in [-0.15, -0.1) is 0 Å². The molecule has 0 aromatic rings. The summed E-state index contributed by atoms with van der Waals surface area (Å²) in [5, 5.41) is 8.01. The van der Waals surface area contributed by atoms with Crippen molar-refractivity contribution in [3.05, 3.63) is 0 Å². The van der Waals surface area contributed by atoms with Gasteiger partial charge in [0, 0.05) is 39.1 Å². The smallest absolute Gasteiger partial charge is 0.303 e. The van der Waals surface area contributed by atoms with Gasteiger partial charge in [-0.1, -0.05) is 0 Å². The van der Waals surface area contributed by atoms with Gasteiger partial charge in [-0.05, 0) is 6.92 Å². The van der Waals surface area contributed by atoms with Crippen molar-refractivity contribution in [2.24, 2.45) is 0 Å². The molecule has 0 heterocycles. The number of carboxylic acid groups (broad SMARTS) is 1. The molecule has 49 valence electrons. The molecule has 1 N–H and O–H groups in total. The monoisotopic (exact) mass is 205 g/mol. The summed E-state index contributed by atoms with van der Waals surface area (Å²) in [6, 6.07) is 0. The van der Waals surface area contributed by atoms with E-state index in [1.165, 1.54) is 6.92 Å². The molecule has 4 heteroatoms. The van der Waals surface area contributed by atoms with Gasteiger partial charge in [-0.3, -0.25) is 4.79 Å². The van der Waals surface area contributed by atoms with Crippen molar-refractivity contribution in [1.29, 1.82) is 0 Å². The predicted molar refractivity (Wildman–Crippen MR) is 27.6 cm³/mol. The number of carboxylic acids is 1. The minimum Gasteiger partial charge on any atom is -0.481 e. The molecule has 0 saturated heterocycles. The van der Waals surface area contributed by atoms with Crippen molar-refractivity contribution in [2.45, 2.75) is 19.8 Å². The first kappa shape index (κ1) is 12.0. The van der Waals surface area contributed by atoms with E-state index in [1.807, 2.05) is 0 Å². The van der Waals surface area contributed by atoms with E-state index in [2.05, 4.69) is 0 Å². The van der Waals surface area contributed by atoms with Crippen LogP contribution in [0.1, 0.15) is 19.8 Å². The zero-order valence-corrected chi connectivity index (χ0v) is 8.09. The zero-order valence-electron chi connectivity index (χ0n) is 5.26. The second-order valence-electron chi connectivity index (χ2n) is 1.60. The first-order valence-electron chi connectivity index (χ1n) is 2.34. The third-order valence-electron chi connectivity index (χ3n) is 0.691. The summed E-state index contributed by atoms with van der Waals surface area (Å²) >= 11 is 0. The molecule has 0 aliphatic heterocycles. The number of hydrogen-bond donors (Lipinski definition) is 1. The number of ketones is 1. The fourth-order valence-electron chi connectivity index (χ4n) is 0.283. The first-order valence-corrected chi connectivity index (χ1v) is 2.34. The molecule has 0 fully saturated rings. The Balaban J connectivity index is 0. The molecule has 0 spiro atoms. The van der Waals surface area contributed by atoms with E-state index in [-0.39, 0.29) is 51.3 Å². The van der Waals surface area contributed by atoms with Gasteiger partial charge in [0.05, 0.1) is 6.42 Å². The topological polar surface area (TPSA) is 54.4 Å². The van der Waals surface area contributed by atoms with Gasteiger partial charge in [-0.25, -0.2) is 0 Å². The number of aliphatic carboxylic acids is 1. The Morgan fingerprint density at radius 1 is 1.33 bits per heavy atom. The van der Waals surface area contributed by atoms with Gasteiger partial charge in [0.25, 0.3) is 0 Å². The van der Waals surface area contributed by atoms with E-state index >= 15 is 0 Å². The second kappa shape index (κ2) is 6.37. The SMILES string of the molecule is CC(=O)CCC(=O)O.[Y]. The van der Waals surface area contributed by atoms with Gasteiger partial charge in [0.2, 0.25) is 0 Å². The maximum Gasteiger partial charge on any atom is 0.303 e. The summed E-state index contributed by atoms with van der Waals surface area (Å²) in [5.41, 5.74) is 0. The quantitative estimate of drug-likeness (QED) is 0.727. The Morgan fingerprint density at radius 3 is 1.89 bits per heavy atom. The van der Waals surface area contributed by atoms with Crippen LogP contribution < -0.4 is 0 Å². The average molecular weight is 205 g/mol. The van der Waals surface area contributed by atoms with Crippen molar-refractivity contribution < 1.29 is 47.4 Å². The van der Waals surface area contributed by atoms with E-state index in [1.54, 1.807) is 0 Å². The van der Waals surface area contributed by atoms with Crippen LogP contribution in [0.5, 0.6) is 0 Å². The van der Waals surface area contributed by atoms with Crippen molar-refractivity contribution >= 4 is 11.8 Å². The Bertz CT molecular complexity index is 96.8. The van der Waals surface area contributed by atoms with Crippen LogP contribution in [0.3, 0.4) is 0 Å². The second-order valence-corrected chi connectivity index (χ2v) is 1.60. The Morgan fingerprint density at radius 2 is 1.78 bits per heavy atom. The van der Waals surface area contributed by atoms with E-state index in [9.17, 15) is 9.59 Å². The summed E-state index contributed by atoms with van der Waals surface area (Å²) in [5.74, 6) is -0.993. The standard InChI is InChI=1S/C5H8O3.Y/c1-4(6)2-3-5(7)8;/h2-3H2,1H3,(H,7,8);. The summed E-state index contributed by atoms with van der Waals surface area (Å²) in [4.78, 5) is 19.8. The predicted octanol–water partition coefficient (Wildman–Crippen LogP) is 0.438. The van der Waals surface area contributed by atoms with E-state index < -0.39 is 5.97 Å². The van der Waals surface area contributed by atoms with Crippen LogP contribution in [-0.4, -0.2) is 16.9 Å². The molecule has 0 unspecified atom stereocenters. The largest absolute Gasteiger partial charge is 0.481 e. The Labute approximate surface area is 78.7 Å². The molecule has 0 saturated carbocycles. The fourth-order valence-corrected chi connectivity index (χ4v) is 0.283. The molecule has 0 amide bonds. The van der Waals surface area contributed by atoms with Crippen molar-refractivity contribution in [2.75, 3.05) is 0 Å².